The molecule has 4 aromatic rings. The van der Waals surface area contributed by atoms with Crippen molar-refractivity contribution in [2.45, 2.75) is 11.8 Å². The van der Waals surface area contributed by atoms with E-state index < -0.39 is 10.8 Å². The van der Waals surface area contributed by atoms with Gasteiger partial charge in [-0.05, 0) is 37.3 Å². The van der Waals surface area contributed by atoms with E-state index in [2.05, 4.69) is 15.5 Å². The minimum atomic E-state index is -0.511. The fourth-order valence-corrected chi connectivity index (χ4v) is 4.73. The van der Waals surface area contributed by atoms with Crippen molar-refractivity contribution in [3.63, 3.8) is 0 Å². The van der Waals surface area contributed by atoms with Gasteiger partial charge in [-0.2, -0.15) is 0 Å². The molecule has 1 aromatic heterocycles. The van der Waals surface area contributed by atoms with Gasteiger partial charge >= 0.3 is 0 Å². The van der Waals surface area contributed by atoms with Gasteiger partial charge in [0, 0.05) is 33.9 Å². The first-order valence-electron chi connectivity index (χ1n) is 10.3. The van der Waals surface area contributed by atoms with Crippen molar-refractivity contribution in [1.82, 2.24) is 10.2 Å². The van der Waals surface area contributed by atoms with Crippen LogP contribution in [0.25, 0.3) is 10.6 Å². The number of carbonyl (C=O) groups excluding carboxylic acids is 1. The quantitative estimate of drug-likeness (QED) is 0.135. The number of hydrogen-bond acceptors (Lipinski definition) is 8. The van der Waals surface area contributed by atoms with Gasteiger partial charge in [-0.3, -0.25) is 20.2 Å². The number of thioether (sulfide) groups is 1. The number of benzene rings is 3. The molecule has 0 aliphatic rings. The van der Waals surface area contributed by atoms with E-state index in [0.29, 0.717) is 22.3 Å². The molecule has 0 saturated heterocycles. The Morgan fingerprint density at radius 2 is 1.79 bits per heavy atom. The highest BCUT2D eigenvalue weighted by atomic mass is 32.2. The maximum atomic E-state index is 12.5. The smallest absolute Gasteiger partial charge is 0.269 e. The second-order valence-electron chi connectivity index (χ2n) is 7.18. The first kappa shape index (κ1) is 23.4. The minimum Gasteiger partial charge on any atom is -0.493 e. The van der Waals surface area contributed by atoms with Crippen molar-refractivity contribution in [3.05, 3.63) is 94.0 Å². The summed E-state index contributed by atoms with van der Waals surface area (Å²) >= 11 is 2.92. The van der Waals surface area contributed by atoms with Gasteiger partial charge in [0.25, 0.3) is 11.6 Å². The molecule has 34 heavy (non-hydrogen) atoms. The fraction of sp³-hybridized carbons (Fsp3) is 0.125. The number of aryl methyl sites for hydroxylation is 1. The number of hydrogen-bond donors (Lipinski definition) is 1. The number of nitro groups is 1. The van der Waals surface area contributed by atoms with Gasteiger partial charge in [0.2, 0.25) is 5.13 Å². The lowest BCUT2D eigenvalue weighted by Crippen LogP contribution is -2.11. The molecule has 3 aromatic carbocycles. The van der Waals surface area contributed by atoms with Crippen LogP contribution in [-0.2, 0) is 0 Å². The number of ether oxygens (including phenoxy) is 1. The molecule has 0 radical (unpaired) electrons. The maximum Gasteiger partial charge on any atom is 0.269 e. The average Bonchev–Trinajstić information content (AvgIpc) is 3.31. The summed E-state index contributed by atoms with van der Waals surface area (Å²) in [6.45, 7) is 2.60. The van der Waals surface area contributed by atoms with E-state index in [1.54, 1.807) is 11.8 Å². The van der Waals surface area contributed by atoms with Gasteiger partial charge in [-0.25, -0.2) is 0 Å². The molecule has 0 unspecified atom stereocenters. The van der Waals surface area contributed by atoms with Crippen LogP contribution >= 0.6 is 23.1 Å². The lowest BCUT2D eigenvalue weighted by Gasteiger charge is -2.08. The summed E-state index contributed by atoms with van der Waals surface area (Å²) in [4.78, 5) is 23.8. The van der Waals surface area contributed by atoms with Crippen LogP contribution in [0.4, 0.5) is 10.8 Å². The van der Waals surface area contributed by atoms with E-state index in [0.717, 1.165) is 22.0 Å². The summed E-state index contributed by atoms with van der Waals surface area (Å²) in [5, 5.41) is 22.8. The summed E-state index contributed by atoms with van der Waals surface area (Å²) in [7, 11) is 0. The topological polar surface area (TPSA) is 107 Å². The molecule has 0 saturated carbocycles. The Morgan fingerprint density at radius 1 is 1.06 bits per heavy atom. The Labute approximate surface area is 204 Å². The zero-order valence-corrected chi connectivity index (χ0v) is 19.8. The average molecular weight is 493 g/mol. The fourth-order valence-electron chi connectivity index (χ4n) is 3.00. The first-order valence-corrected chi connectivity index (χ1v) is 12.1. The monoisotopic (exact) mass is 492 g/mol. The van der Waals surface area contributed by atoms with Gasteiger partial charge in [-0.15, -0.1) is 22.0 Å². The molecule has 0 aliphatic heterocycles. The Kier molecular flexibility index (Phi) is 7.51. The Hall–Kier alpha value is -3.76. The predicted molar refractivity (Wildman–Crippen MR) is 134 cm³/mol. The number of amides is 1. The summed E-state index contributed by atoms with van der Waals surface area (Å²) in [6, 6.07) is 21.2. The third kappa shape index (κ3) is 5.97. The van der Waals surface area contributed by atoms with Crippen LogP contribution in [0.5, 0.6) is 5.75 Å². The van der Waals surface area contributed by atoms with Crippen molar-refractivity contribution in [2.24, 2.45) is 0 Å². The van der Waals surface area contributed by atoms with Crippen LogP contribution in [0.1, 0.15) is 15.9 Å². The zero-order valence-electron chi connectivity index (χ0n) is 18.1. The van der Waals surface area contributed by atoms with E-state index in [-0.39, 0.29) is 5.69 Å². The molecule has 1 N–H and O–H groups in total. The largest absolute Gasteiger partial charge is 0.493 e. The third-order valence-electron chi connectivity index (χ3n) is 4.73. The maximum absolute atomic E-state index is 12.5. The van der Waals surface area contributed by atoms with Crippen LogP contribution in [0.15, 0.2) is 77.7 Å². The second-order valence-corrected chi connectivity index (χ2v) is 9.29. The summed E-state index contributed by atoms with van der Waals surface area (Å²) < 4.78 is 5.81. The van der Waals surface area contributed by atoms with E-state index in [1.165, 1.54) is 41.2 Å². The van der Waals surface area contributed by atoms with E-state index in [1.807, 2.05) is 55.5 Å². The second kappa shape index (κ2) is 10.9. The Morgan fingerprint density at radius 3 is 2.53 bits per heavy atom. The molecule has 172 valence electrons. The van der Waals surface area contributed by atoms with Crippen LogP contribution in [0, 0.1) is 17.0 Å². The SMILES string of the molecule is Cc1ccc(OCCSc2ccccc2-c2nnc(NC(=O)c3ccc([N+](=O)[O-])cc3)s2)cc1. The number of aromatic nitrogens is 2. The molecule has 10 heteroatoms. The van der Waals surface area contributed by atoms with Crippen molar-refractivity contribution < 1.29 is 14.5 Å². The number of nitrogens with zero attached hydrogens (tertiary/aromatic N) is 3. The van der Waals surface area contributed by atoms with Crippen molar-refractivity contribution >= 4 is 39.8 Å². The first-order chi connectivity index (χ1) is 16.5. The number of nitro benzene ring substituents is 1. The molecule has 4 rings (SSSR count). The Balaban J connectivity index is 1.37. The van der Waals surface area contributed by atoms with Crippen molar-refractivity contribution in [2.75, 3.05) is 17.7 Å². The lowest BCUT2D eigenvalue weighted by atomic mass is 10.2. The Bertz CT molecular complexity index is 1290. The minimum absolute atomic E-state index is 0.0758. The van der Waals surface area contributed by atoms with Crippen LogP contribution in [0.3, 0.4) is 0 Å². The van der Waals surface area contributed by atoms with Gasteiger partial charge in [-0.1, -0.05) is 47.2 Å². The molecular formula is C24H20N4O4S2. The predicted octanol–water partition coefficient (Wildman–Crippen LogP) is 5.85. The summed E-state index contributed by atoms with van der Waals surface area (Å²) in [6.07, 6.45) is 0. The molecule has 0 bridgehead atoms. The molecule has 0 atom stereocenters. The zero-order chi connectivity index (χ0) is 23.9. The molecule has 0 fully saturated rings. The van der Waals surface area contributed by atoms with Crippen LogP contribution < -0.4 is 10.1 Å². The highest BCUT2D eigenvalue weighted by Crippen LogP contribution is 2.34. The standard InChI is InChI=1S/C24H20N4O4S2/c1-16-6-12-19(13-7-16)32-14-15-33-21-5-3-2-4-20(21)23-26-27-24(34-23)25-22(29)17-8-10-18(11-9-17)28(30)31/h2-13H,14-15H2,1H3,(H,25,27,29). The molecule has 8 nitrogen and oxygen atoms in total. The molecular weight excluding hydrogens is 472 g/mol. The third-order valence-corrected chi connectivity index (χ3v) is 6.64. The molecule has 1 heterocycles. The number of carbonyl (C=O) groups is 1. The molecule has 0 aliphatic carbocycles. The van der Waals surface area contributed by atoms with Crippen LogP contribution in [-0.4, -0.2) is 33.4 Å². The number of nitrogens with one attached hydrogen (secondary N) is 1. The number of non-ortho nitro benzene ring substituents is 1. The normalized spacial score (nSPS) is 10.6. The molecule has 1 amide bonds. The highest BCUT2D eigenvalue weighted by molar-refractivity contribution is 7.99. The van der Waals surface area contributed by atoms with E-state index in [9.17, 15) is 14.9 Å². The lowest BCUT2D eigenvalue weighted by molar-refractivity contribution is -0.384. The van der Waals surface area contributed by atoms with Crippen molar-refractivity contribution in [1.29, 1.82) is 0 Å². The molecule has 0 spiro atoms. The van der Waals surface area contributed by atoms with E-state index >= 15 is 0 Å². The van der Waals surface area contributed by atoms with Gasteiger partial charge in [0.05, 0.1) is 11.5 Å². The number of anilines is 1. The summed E-state index contributed by atoms with van der Waals surface area (Å²) in [5.41, 5.74) is 2.34. The number of rotatable bonds is 9. The van der Waals surface area contributed by atoms with E-state index in [4.69, 9.17) is 4.74 Å². The summed E-state index contributed by atoms with van der Waals surface area (Å²) in [5.74, 6) is 1.19. The van der Waals surface area contributed by atoms with Gasteiger partial charge in [0.15, 0.2) is 5.01 Å². The van der Waals surface area contributed by atoms with Gasteiger partial charge in [0.1, 0.15) is 5.75 Å². The van der Waals surface area contributed by atoms with Crippen LogP contribution in [0.2, 0.25) is 0 Å². The van der Waals surface area contributed by atoms with Gasteiger partial charge < -0.3 is 4.74 Å². The highest BCUT2D eigenvalue weighted by Gasteiger charge is 2.15. The van der Waals surface area contributed by atoms with Crippen molar-refractivity contribution in [3.8, 4) is 16.3 Å².